The molecule has 0 saturated carbocycles. The molecule has 2 nitrogen and oxygen atoms in total. The van der Waals surface area contributed by atoms with Gasteiger partial charge in [0.25, 0.3) is 0 Å². The van der Waals surface area contributed by atoms with Gasteiger partial charge in [-0.2, -0.15) is 0 Å². The first-order valence-corrected chi connectivity index (χ1v) is 49.5. The number of aryl methyl sites for hydroxylation is 5. The number of carbonyl (C=O) groups excluding carboxylic acids is 2. The van der Waals surface area contributed by atoms with Crippen LogP contribution in [0.4, 0.5) is 0 Å². The van der Waals surface area contributed by atoms with Crippen molar-refractivity contribution in [3.8, 4) is 77.9 Å². The van der Waals surface area contributed by atoms with E-state index in [1.54, 1.807) is 12.1 Å². The minimum atomic E-state index is -0.0930. The van der Waals surface area contributed by atoms with Crippen molar-refractivity contribution in [2.75, 3.05) is 0 Å². The van der Waals surface area contributed by atoms with Gasteiger partial charge < -0.3 is 0 Å². The molecule has 0 saturated heterocycles. The van der Waals surface area contributed by atoms with Crippen molar-refractivity contribution in [2.24, 2.45) is 0 Å². The van der Waals surface area contributed by atoms with Gasteiger partial charge in [-0.05, 0) is 182 Å². The number of benzene rings is 9. The molecule has 0 fully saturated rings. The zero-order valence-corrected chi connectivity index (χ0v) is 75.1. The Morgan fingerprint density at radius 1 is 0.153 bits per heavy atom. The molecular weight excluding hydrogens is 1430 g/mol. The van der Waals surface area contributed by atoms with E-state index in [-0.39, 0.29) is 11.6 Å². The molecule has 10 rings (SSSR count). The van der Waals surface area contributed by atoms with Gasteiger partial charge >= 0.3 is 0 Å². The average molecular weight is 1580 g/mol. The predicted molar refractivity (Wildman–Crippen MR) is 516 cm³/mol. The van der Waals surface area contributed by atoms with Gasteiger partial charge in [0.2, 0.25) is 0 Å². The molecule has 2 heteroatoms. The minimum absolute atomic E-state index is 0.0892. The van der Waals surface area contributed by atoms with E-state index in [0.717, 1.165) is 48.8 Å². The Kier molecular flexibility index (Phi) is 42.8. The Morgan fingerprint density at radius 2 is 0.314 bits per heavy atom. The normalized spacial score (nSPS) is 12.0. The van der Waals surface area contributed by atoms with Crippen LogP contribution in [0.5, 0.6) is 0 Å². The molecule has 1 aliphatic rings. The summed E-state index contributed by atoms with van der Waals surface area (Å²) in [6.45, 7) is 11.6. The van der Waals surface area contributed by atoms with Crippen LogP contribution in [-0.4, -0.2) is 11.6 Å². The molecule has 632 valence electrons. The number of hydrogen-bond acceptors (Lipinski definition) is 2. The summed E-state index contributed by atoms with van der Waals surface area (Å²) in [6.07, 6.45) is 72.1. The SMILES string of the molecule is CCCCCCCCCCCCc1ccc(-c2c(-c3ccc(CCCCCCCCCCCC)cc3)c(-c3ccc(CCCCCCCCCCCC)cc3)c(-c3ccc(-c4ccc5c(c4)C(=O)c4ccccc4C5=O)cc3)c(-c3ccc(CCCCCCCCCCCC)cc3)c2-c2ccc(CCCCCCCCCCCC)cc2)cc1. The van der Waals surface area contributed by atoms with Gasteiger partial charge in [-0.25, -0.2) is 0 Å². The lowest BCUT2D eigenvalue weighted by molar-refractivity contribution is 0.0979. The Hall–Kier alpha value is -7.68. The molecule has 0 aromatic heterocycles. The second-order valence-corrected chi connectivity index (χ2v) is 35.9. The molecule has 0 bridgehead atoms. The molecule has 0 radical (unpaired) electrons. The van der Waals surface area contributed by atoms with E-state index in [0.29, 0.717) is 22.3 Å². The van der Waals surface area contributed by atoms with E-state index in [1.165, 1.54) is 410 Å². The summed E-state index contributed by atoms with van der Waals surface area (Å²) in [4.78, 5) is 28.5. The molecule has 0 N–H and O–H groups in total. The van der Waals surface area contributed by atoms with Crippen LogP contribution in [0.1, 0.15) is 415 Å². The quantitative estimate of drug-likeness (QED) is 0.0356. The maximum absolute atomic E-state index is 14.4. The standard InChI is InChI=1S/C116H156O2/c1-6-11-16-21-26-31-36-41-46-51-58-92-65-75-98(76-66-92)109-110(99-77-67-93(68-78-99)59-52-47-42-37-32-27-22-17-12-7-2)112(101-81-71-95(72-82-101)61-54-49-44-39-34-29-24-19-14-9-4)114(103-87-85-97(86-88-103)104-89-90-107-108(91-104)116(118)106-64-57-56-63-105(106)115(107)117)113(102-83-73-96(74-84-102)62-55-50-45-40-35-30-25-20-15-10-5)111(109)100-79-69-94(70-80-100)60-53-48-43-38-33-28-23-18-13-8-3/h56-57,63-91H,6-55,58-62H2,1-5H3. The van der Waals surface area contributed by atoms with E-state index in [4.69, 9.17) is 0 Å². The van der Waals surface area contributed by atoms with Gasteiger partial charge in [0.15, 0.2) is 11.6 Å². The lowest BCUT2D eigenvalue weighted by Gasteiger charge is -2.29. The summed E-state index contributed by atoms with van der Waals surface area (Å²) in [5, 5.41) is 0. The largest absolute Gasteiger partial charge is 0.289 e. The number of ketones is 2. The van der Waals surface area contributed by atoms with Gasteiger partial charge in [-0.15, -0.1) is 0 Å². The predicted octanol–water partition coefficient (Wildman–Crippen LogP) is 36.4. The van der Waals surface area contributed by atoms with E-state index in [9.17, 15) is 9.59 Å². The van der Waals surface area contributed by atoms with E-state index < -0.39 is 0 Å². The lowest BCUT2D eigenvalue weighted by atomic mass is 9.73. The van der Waals surface area contributed by atoms with Crippen molar-refractivity contribution in [2.45, 2.75) is 388 Å². The molecule has 0 unspecified atom stereocenters. The third kappa shape index (κ3) is 29.9. The van der Waals surface area contributed by atoms with Crippen LogP contribution in [0.2, 0.25) is 0 Å². The van der Waals surface area contributed by atoms with Gasteiger partial charge in [0.1, 0.15) is 0 Å². The summed E-state index contributed by atoms with van der Waals surface area (Å²) >= 11 is 0. The smallest absolute Gasteiger partial charge is 0.194 e. The Balaban J connectivity index is 1.13. The van der Waals surface area contributed by atoms with Crippen LogP contribution in [-0.2, 0) is 32.1 Å². The Bertz CT molecular complexity index is 4100. The van der Waals surface area contributed by atoms with E-state index in [2.05, 4.69) is 180 Å². The number of carbonyl (C=O) groups is 2. The van der Waals surface area contributed by atoms with Crippen LogP contribution in [0.3, 0.4) is 0 Å². The van der Waals surface area contributed by atoms with Crippen molar-refractivity contribution in [1.29, 1.82) is 0 Å². The third-order valence-electron chi connectivity index (χ3n) is 26.2. The fourth-order valence-corrected chi connectivity index (χ4v) is 18.9. The monoisotopic (exact) mass is 1580 g/mol. The number of fused-ring (bicyclic) bond motifs is 2. The molecule has 118 heavy (non-hydrogen) atoms. The summed E-state index contributed by atoms with van der Waals surface area (Å²) in [7, 11) is 0. The second kappa shape index (κ2) is 54.6. The Labute approximate surface area is 720 Å². The molecule has 9 aromatic rings. The first-order valence-electron chi connectivity index (χ1n) is 49.5. The maximum Gasteiger partial charge on any atom is 0.194 e. The molecule has 9 aromatic carbocycles. The highest BCUT2D eigenvalue weighted by molar-refractivity contribution is 6.28. The molecule has 0 atom stereocenters. The third-order valence-corrected chi connectivity index (χ3v) is 26.2. The van der Waals surface area contributed by atoms with Gasteiger partial charge in [-0.3, -0.25) is 9.59 Å². The first kappa shape index (κ1) is 92.6. The second-order valence-electron chi connectivity index (χ2n) is 35.9. The zero-order valence-electron chi connectivity index (χ0n) is 75.1. The summed E-state index contributed by atoms with van der Waals surface area (Å²) in [6, 6.07) is 72.3. The minimum Gasteiger partial charge on any atom is -0.289 e. The van der Waals surface area contributed by atoms with Gasteiger partial charge in [-0.1, -0.05) is 499 Å². The highest BCUT2D eigenvalue weighted by Crippen LogP contribution is 2.56. The van der Waals surface area contributed by atoms with Crippen molar-refractivity contribution < 1.29 is 9.59 Å². The Morgan fingerprint density at radius 3 is 0.525 bits per heavy atom. The first-order chi connectivity index (χ1) is 58.3. The molecule has 0 spiro atoms. The highest BCUT2D eigenvalue weighted by Gasteiger charge is 2.32. The van der Waals surface area contributed by atoms with Crippen molar-refractivity contribution in [3.63, 3.8) is 0 Å². The van der Waals surface area contributed by atoms with Crippen LogP contribution in [0.25, 0.3) is 77.9 Å². The lowest BCUT2D eigenvalue weighted by Crippen LogP contribution is -2.20. The molecule has 0 amide bonds. The van der Waals surface area contributed by atoms with E-state index >= 15 is 0 Å². The topological polar surface area (TPSA) is 34.1 Å². The van der Waals surface area contributed by atoms with Crippen molar-refractivity contribution in [1.82, 2.24) is 0 Å². The summed E-state index contributed by atoms with van der Waals surface area (Å²) in [5.41, 5.74) is 25.8. The van der Waals surface area contributed by atoms with Crippen LogP contribution < -0.4 is 0 Å². The average Bonchev–Trinajstić information content (AvgIpc) is 0.719. The van der Waals surface area contributed by atoms with Crippen LogP contribution in [0, 0.1) is 0 Å². The molecule has 1 aliphatic carbocycles. The van der Waals surface area contributed by atoms with Crippen LogP contribution in [0.15, 0.2) is 188 Å². The summed E-state index contributed by atoms with van der Waals surface area (Å²) < 4.78 is 0. The fraction of sp³-hybridized carbons (Fsp3) is 0.517. The summed E-state index contributed by atoms with van der Waals surface area (Å²) in [5.74, 6) is -0.182. The number of unbranched alkanes of at least 4 members (excludes halogenated alkanes) is 45. The van der Waals surface area contributed by atoms with Crippen molar-refractivity contribution in [3.05, 3.63) is 238 Å². The fourth-order valence-electron chi connectivity index (χ4n) is 18.9. The van der Waals surface area contributed by atoms with E-state index in [1.807, 2.05) is 30.3 Å². The zero-order chi connectivity index (χ0) is 82.2. The molecule has 0 aliphatic heterocycles. The highest BCUT2D eigenvalue weighted by atomic mass is 16.1. The maximum atomic E-state index is 14.4. The number of hydrogen-bond donors (Lipinski definition) is 0. The van der Waals surface area contributed by atoms with Gasteiger partial charge in [0, 0.05) is 22.3 Å². The van der Waals surface area contributed by atoms with Crippen LogP contribution >= 0.6 is 0 Å². The molecular formula is C116H156O2. The van der Waals surface area contributed by atoms with Gasteiger partial charge in [0.05, 0.1) is 0 Å². The number of rotatable bonds is 62. The molecule has 0 heterocycles. The van der Waals surface area contributed by atoms with Crippen molar-refractivity contribution >= 4 is 11.6 Å².